The maximum atomic E-state index is 13.1. The van der Waals surface area contributed by atoms with Crippen LogP contribution in [0.1, 0.15) is 29.0 Å². The number of H-pyrrole nitrogens is 2. The predicted octanol–water partition coefficient (Wildman–Crippen LogP) is 4.22. The maximum Gasteiger partial charge on any atom is 0.270 e. The first-order chi connectivity index (χ1) is 16.0. The van der Waals surface area contributed by atoms with E-state index in [1.165, 1.54) is 0 Å². The van der Waals surface area contributed by atoms with E-state index in [0.717, 1.165) is 17.0 Å². The molecule has 1 aliphatic rings. The van der Waals surface area contributed by atoms with Gasteiger partial charge < -0.3 is 24.7 Å². The number of aromatic nitrogens is 2. The Kier molecular flexibility index (Phi) is 5.48. The molecule has 1 amide bonds. The molecule has 0 bridgehead atoms. The number of para-hydroxylation sites is 2. The van der Waals surface area contributed by atoms with Gasteiger partial charge in [-0.3, -0.25) is 9.59 Å². The molecule has 33 heavy (non-hydrogen) atoms. The van der Waals surface area contributed by atoms with E-state index in [0.29, 0.717) is 48.2 Å². The van der Waals surface area contributed by atoms with Crippen LogP contribution in [-0.2, 0) is 0 Å². The number of likely N-dealkylation sites (tertiary alicyclic amines) is 1. The van der Waals surface area contributed by atoms with Gasteiger partial charge in [-0.05, 0) is 50.1 Å². The summed E-state index contributed by atoms with van der Waals surface area (Å²) in [7, 11) is 0. The highest BCUT2D eigenvalue weighted by Gasteiger charge is 2.25. The third kappa shape index (κ3) is 4.03. The molecule has 0 spiro atoms. The molecule has 0 unspecified atom stereocenters. The van der Waals surface area contributed by atoms with E-state index in [-0.39, 0.29) is 23.3 Å². The van der Waals surface area contributed by atoms with Gasteiger partial charge in [-0.15, -0.1) is 0 Å². The third-order valence-corrected chi connectivity index (χ3v) is 6.10. The zero-order valence-electron chi connectivity index (χ0n) is 18.3. The third-order valence-electron chi connectivity index (χ3n) is 6.10. The van der Waals surface area contributed by atoms with Crippen molar-refractivity contribution in [3.63, 3.8) is 0 Å². The van der Waals surface area contributed by atoms with Crippen molar-refractivity contribution in [2.24, 2.45) is 0 Å². The lowest BCUT2D eigenvalue weighted by molar-refractivity contribution is 0.0541. The first-order valence-corrected chi connectivity index (χ1v) is 11.1. The van der Waals surface area contributed by atoms with Gasteiger partial charge in [0.2, 0.25) is 0 Å². The minimum absolute atomic E-state index is 0.237. The molecular formula is C26H25N3O4. The molecule has 2 aromatic carbocycles. The first-order valence-electron chi connectivity index (χ1n) is 11.1. The van der Waals surface area contributed by atoms with E-state index < -0.39 is 0 Å². The number of pyridine rings is 1. The Bertz CT molecular complexity index is 1370. The van der Waals surface area contributed by atoms with Gasteiger partial charge in [0, 0.05) is 29.7 Å². The topological polar surface area (TPSA) is 98.4 Å². The number of nitrogens with zero attached hydrogens (tertiary/aromatic N) is 1. The molecule has 7 heteroatoms. The standard InChI is InChI=1S/C26H25N3O4/c1-16-23-20(15-21(28-25(23)31)26(32)29-13-11-17(30)12-14-29)24(27-16)19-9-5-6-10-22(19)33-18-7-3-2-4-8-18/h2-10,15,17,27,30H,11-14H2,1H3,(H,28,31). The molecule has 3 heterocycles. The zero-order valence-corrected chi connectivity index (χ0v) is 18.3. The Morgan fingerprint density at radius 3 is 2.48 bits per heavy atom. The Morgan fingerprint density at radius 1 is 1.03 bits per heavy atom. The van der Waals surface area contributed by atoms with Crippen molar-refractivity contribution in [3.8, 4) is 22.8 Å². The molecule has 4 aromatic rings. The molecule has 7 nitrogen and oxygen atoms in total. The van der Waals surface area contributed by atoms with Crippen molar-refractivity contribution in [2.45, 2.75) is 25.9 Å². The lowest BCUT2D eigenvalue weighted by Crippen LogP contribution is -2.40. The molecule has 2 aromatic heterocycles. The second-order valence-corrected chi connectivity index (χ2v) is 8.36. The fraction of sp³-hybridized carbons (Fsp3) is 0.231. The number of aliphatic hydroxyl groups excluding tert-OH is 1. The molecule has 3 N–H and O–H groups in total. The number of carbonyl (C=O) groups is 1. The summed E-state index contributed by atoms with van der Waals surface area (Å²) < 4.78 is 6.13. The SMILES string of the molecule is Cc1[nH]c(-c2ccccc2Oc2ccccc2)c2cc(C(=O)N3CCC(O)CC3)[nH]c(=O)c12. The number of ether oxygens (including phenoxy) is 1. The summed E-state index contributed by atoms with van der Waals surface area (Å²) in [5.41, 5.74) is 2.17. The molecule has 1 saturated heterocycles. The van der Waals surface area contributed by atoms with Gasteiger partial charge in [0.25, 0.3) is 11.5 Å². The quantitative estimate of drug-likeness (QED) is 0.440. The average Bonchev–Trinajstić information content (AvgIpc) is 3.17. The number of hydrogen-bond donors (Lipinski definition) is 3. The van der Waals surface area contributed by atoms with Gasteiger partial charge >= 0.3 is 0 Å². The second kappa shape index (κ2) is 8.60. The molecule has 0 saturated carbocycles. The summed E-state index contributed by atoms with van der Waals surface area (Å²) >= 11 is 0. The van der Waals surface area contributed by atoms with E-state index in [2.05, 4.69) is 9.97 Å². The van der Waals surface area contributed by atoms with Gasteiger partial charge in [-0.2, -0.15) is 0 Å². The largest absolute Gasteiger partial charge is 0.457 e. The van der Waals surface area contributed by atoms with Crippen LogP contribution in [0.15, 0.2) is 65.5 Å². The molecule has 5 rings (SSSR count). The van der Waals surface area contributed by atoms with Gasteiger partial charge in [0.1, 0.15) is 17.2 Å². The van der Waals surface area contributed by atoms with Crippen molar-refractivity contribution >= 4 is 16.7 Å². The maximum absolute atomic E-state index is 13.1. The number of amides is 1. The number of carbonyl (C=O) groups excluding carboxylic acids is 1. The second-order valence-electron chi connectivity index (χ2n) is 8.36. The van der Waals surface area contributed by atoms with Crippen molar-refractivity contribution < 1.29 is 14.6 Å². The smallest absolute Gasteiger partial charge is 0.270 e. The van der Waals surface area contributed by atoms with Crippen molar-refractivity contribution in [3.05, 3.63) is 82.4 Å². The summed E-state index contributed by atoms with van der Waals surface area (Å²) in [5.74, 6) is 1.11. The number of rotatable bonds is 4. The van der Waals surface area contributed by atoms with E-state index in [4.69, 9.17) is 4.74 Å². The van der Waals surface area contributed by atoms with Crippen LogP contribution in [0.5, 0.6) is 11.5 Å². The average molecular weight is 444 g/mol. The Morgan fingerprint density at radius 2 is 1.73 bits per heavy atom. The summed E-state index contributed by atoms with van der Waals surface area (Å²) in [6.45, 7) is 2.77. The van der Waals surface area contributed by atoms with Gasteiger partial charge in [0.05, 0.1) is 17.2 Å². The molecular weight excluding hydrogens is 418 g/mol. The minimum atomic E-state index is -0.379. The van der Waals surface area contributed by atoms with Crippen LogP contribution in [0.25, 0.3) is 22.0 Å². The number of aromatic amines is 2. The van der Waals surface area contributed by atoms with Crippen LogP contribution in [0.4, 0.5) is 0 Å². The number of hydrogen-bond acceptors (Lipinski definition) is 4. The van der Waals surface area contributed by atoms with Crippen molar-refractivity contribution in [2.75, 3.05) is 13.1 Å². The van der Waals surface area contributed by atoms with Crippen LogP contribution < -0.4 is 10.3 Å². The molecule has 0 radical (unpaired) electrons. The number of fused-ring (bicyclic) bond motifs is 1. The highest BCUT2D eigenvalue weighted by atomic mass is 16.5. The van der Waals surface area contributed by atoms with Crippen LogP contribution in [0.2, 0.25) is 0 Å². The zero-order chi connectivity index (χ0) is 22.9. The van der Waals surface area contributed by atoms with Crippen molar-refractivity contribution in [1.29, 1.82) is 0 Å². The Labute approximate surface area is 190 Å². The molecule has 168 valence electrons. The predicted molar refractivity (Wildman–Crippen MR) is 127 cm³/mol. The van der Waals surface area contributed by atoms with E-state index in [1.54, 1.807) is 11.0 Å². The summed E-state index contributed by atoms with van der Waals surface area (Å²) in [6.07, 6.45) is 0.698. The van der Waals surface area contributed by atoms with Crippen LogP contribution in [-0.4, -0.2) is 45.1 Å². The monoisotopic (exact) mass is 443 g/mol. The first kappa shape index (κ1) is 21.0. The van der Waals surface area contributed by atoms with Crippen molar-refractivity contribution in [1.82, 2.24) is 14.9 Å². The Hall–Kier alpha value is -3.84. The number of piperidine rings is 1. The molecule has 0 atom stereocenters. The highest BCUT2D eigenvalue weighted by molar-refractivity contribution is 6.03. The number of aryl methyl sites for hydroxylation is 1. The van der Waals surface area contributed by atoms with Gasteiger partial charge in [-0.1, -0.05) is 30.3 Å². The van der Waals surface area contributed by atoms with Gasteiger partial charge in [-0.25, -0.2) is 0 Å². The van der Waals surface area contributed by atoms with Crippen LogP contribution in [0.3, 0.4) is 0 Å². The molecule has 1 aliphatic heterocycles. The molecule has 0 aliphatic carbocycles. The minimum Gasteiger partial charge on any atom is -0.457 e. The highest BCUT2D eigenvalue weighted by Crippen LogP contribution is 2.37. The van der Waals surface area contributed by atoms with E-state index in [1.807, 2.05) is 61.5 Å². The van der Waals surface area contributed by atoms with Gasteiger partial charge in [0.15, 0.2) is 0 Å². The van der Waals surface area contributed by atoms with Crippen LogP contribution >= 0.6 is 0 Å². The summed E-state index contributed by atoms with van der Waals surface area (Å²) in [4.78, 5) is 33.8. The lowest BCUT2D eigenvalue weighted by Gasteiger charge is -2.29. The number of aliphatic hydroxyl groups is 1. The van der Waals surface area contributed by atoms with E-state index in [9.17, 15) is 14.7 Å². The Balaban J connectivity index is 1.59. The van der Waals surface area contributed by atoms with Crippen LogP contribution in [0, 0.1) is 6.92 Å². The normalized spacial score (nSPS) is 14.5. The fourth-order valence-corrected chi connectivity index (χ4v) is 4.39. The number of benzene rings is 2. The molecule has 1 fully saturated rings. The number of nitrogens with one attached hydrogen (secondary N) is 2. The van der Waals surface area contributed by atoms with E-state index >= 15 is 0 Å². The summed E-state index contributed by atoms with van der Waals surface area (Å²) in [6, 6.07) is 18.8. The fourth-order valence-electron chi connectivity index (χ4n) is 4.39. The lowest BCUT2D eigenvalue weighted by atomic mass is 10.0. The summed E-state index contributed by atoms with van der Waals surface area (Å²) in [5, 5.41) is 10.9.